The summed E-state index contributed by atoms with van der Waals surface area (Å²) in [5.74, 6) is -0.802. The fourth-order valence-electron chi connectivity index (χ4n) is 1.36. The van der Waals surface area contributed by atoms with Crippen LogP contribution in [-0.2, 0) is 21.4 Å². The van der Waals surface area contributed by atoms with Gasteiger partial charge < -0.3 is 9.67 Å². The third-order valence-corrected chi connectivity index (χ3v) is 3.00. The topological polar surface area (TPSA) is 115 Å². The Kier molecular flexibility index (Phi) is 4.64. The van der Waals surface area contributed by atoms with Gasteiger partial charge in [-0.2, -0.15) is 0 Å². The van der Waals surface area contributed by atoms with Crippen molar-refractivity contribution in [1.82, 2.24) is 9.55 Å². The number of nitrogens with two attached hydrogens (primary N) is 1. The summed E-state index contributed by atoms with van der Waals surface area (Å²) in [6.07, 6.45) is 5.09. The van der Waals surface area contributed by atoms with Gasteiger partial charge in [-0.05, 0) is 12.8 Å². The molecular formula is C9H15N3O4S. The Hall–Kier alpha value is -1.41. The molecule has 3 N–H and O–H groups in total. The number of carboxylic acid groups (broad SMARTS) is 1. The lowest BCUT2D eigenvalue weighted by Crippen LogP contribution is -2.12. The number of carbonyl (C=O) groups is 1. The Morgan fingerprint density at radius 3 is 2.65 bits per heavy atom. The second kappa shape index (κ2) is 5.78. The first-order valence-corrected chi connectivity index (χ1v) is 6.70. The van der Waals surface area contributed by atoms with E-state index in [0.29, 0.717) is 13.0 Å². The average molecular weight is 261 g/mol. The van der Waals surface area contributed by atoms with Crippen molar-refractivity contribution in [3.05, 3.63) is 12.5 Å². The van der Waals surface area contributed by atoms with E-state index < -0.39 is 16.0 Å². The minimum Gasteiger partial charge on any atom is -0.481 e. The van der Waals surface area contributed by atoms with Crippen LogP contribution in [0.15, 0.2) is 17.6 Å². The van der Waals surface area contributed by atoms with E-state index in [-0.39, 0.29) is 11.4 Å². The molecule has 0 saturated carbocycles. The molecule has 17 heavy (non-hydrogen) atoms. The number of nitrogens with zero attached hydrogens (tertiary/aromatic N) is 2. The van der Waals surface area contributed by atoms with Crippen molar-refractivity contribution in [3.8, 4) is 0 Å². The van der Waals surface area contributed by atoms with Crippen LogP contribution in [0.1, 0.15) is 25.7 Å². The number of imidazole rings is 1. The van der Waals surface area contributed by atoms with Crippen LogP contribution in [0.3, 0.4) is 0 Å². The smallest absolute Gasteiger partial charge is 0.303 e. The van der Waals surface area contributed by atoms with E-state index in [2.05, 4.69) is 4.98 Å². The minimum atomic E-state index is -3.74. The molecule has 1 heterocycles. The van der Waals surface area contributed by atoms with Crippen LogP contribution in [0.25, 0.3) is 0 Å². The van der Waals surface area contributed by atoms with Gasteiger partial charge in [0.25, 0.3) is 10.0 Å². The highest BCUT2D eigenvalue weighted by Gasteiger charge is 2.10. The van der Waals surface area contributed by atoms with E-state index in [1.165, 1.54) is 12.5 Å². The zero-order valence-corrected chi connectivity index (χ0v) is 10.1. The van der Waals surface area contributed by atoms with E-state index in [4.69, 9.17) is 10.2 Å². The quantitative estimate of drug-likeness (QED) is 0.679. The highest BCUT2D eigenvalue weighted by atomic mass is 32.2. The molecule has 0 aliphatic rings. The number of hydrogen-bond acceptors (Lipinski definition) is 4. The van der Waals surface area contributed by atoms with Crippen LogP contribution in [0, 0.1) is 0 Å². The van der Waals surface area contributed by atoms with Gasteiger partial charge in [-0.15, -0.1) is 0 Å². The van der Waals surface area contributed by atoms with E-state index in [1.807, 2.05) is 0 Å². The van der Waals surface area contributed by atoms with Gasteiger partial charge >= 0.3 is 5.97 Å². The Bertz CT molecular complexity index is 480. The molecule has 1 aromatic rings. The molecule has 1 rings (SSSR count). The summed E-state index contributed by atoms with van der Waals surface area (Å²) in [6.45, 7) is 0.599. The molecule has 0 unspecified atom stereocenters. The molecule has 0 aromatic carbocycles. The summed E-state index contributed by atoms with van der Waals surface area (Å²) in [5.41, 5.74) is 0. The van der Waals surface area contributed by atoms with Crippen molar-refractivity contribution >= 4 is 16.0 Å². The van der Waals surface area contributed by atoms with E-state index in [9.17, 15) is 13.2 Å². The van der Waals surface area contributed by atoms with Gasteiger partial charge in [0, 0.05) is 19.2 Å². The van der Waals surface area contributed by atoms with Crippen LogP contribution in [0.2, 0.25) is 0 Å². The third kappa shape index (κ3) is 4.96. The number of aromatic nitrogens is 2. The van der Waals surface area contributed by atoms with Crippen LogP contribution in [-0.4, -0.2) is 29.0 Å². The van der Waals surface area contributed by atoms with E-state index in [1.54, 1.807) is 4.57 Å². The lowest BCUT2D eigenvalue weighted by molar-refractivity contribution is -0.137. The number of aliphatic carboxylic acids is 1. The van der Waals surface area contributed by atoms with Gasteiger partial charge in [0.15, 0.2) is 5.03 Å². The maximum Gasteiger partial charge on any atom is 0.303 e. The second-order valence-electron chi connectivity index (χ2n) is 3.70. The second-order valence-corrected chi connectivity index (χ2v) is 5.21. The largest absolute Gasteiger partial charge is 0.481 e. The number of primary sulfonamides is 1. The molecule has 0 aliphatic carbocycles. The number of hydrogen-bond donors (Lipinski definition) is 2. The molecule has 8 heteroatoms. The lowest BCUT2D eigenvalue weighted by Gasteiger charge is -2.00. The number of rotatable bonds is 7. The highest BCUT2D eigenvalue weighted by Crippen LogP contribution is 2.06. The van der Waals surface area contributed by atoms with E-state index >= 15 is 0 Å². The maximum atomic E-state index is 10.9. The van der Waals surface area contributed by atoms with Gasteiger partial charge in [0.05, 0.1) is 6.33 Å². The number of carboxylic acids is 1. The zero-order valence-electron chi connectivity index (χ0n) is 9.24. The molecule has 0 amide bonds. The zero-order chi connectivity index (χ0) is 12.9. The molecular weight excluding hydrogens is 246 g/mol. The molecule has 96 valence electrons. The van der Waals surface area contributed by atoms with Crippen molar-refractivity contribution in [2.24, 2.45) is 5.14 Å². The van der Waals surface area contributed by atoms with E-state index in [0.717, 1.165) is 12.8 Å². The number of unbranched alkanes of at least 4 members (excludes halogenated alkanes) is 2. The summed E-state index contributed by atoms with van der Waals surface area (Å²) in [4.78, 5) is 13.9. The Morgan fingerprint density at radius 1 is 1.41 bits per heavy atom. The molecule has 0 bridgehead atoms. The molecule has 0 atom stereocenters. The summed E-state index contributed by atoms with van der Waals surface area (Å²) in [5, 5.41) is 13.2. The van der Waals surface area contributed by atoms with Gasteiger partial charge in [-0.3, -0.25) is 4.79 Å². The molecule has 0 aliphatic heterocycles. The van der Waals surface area contributed by atoms with Gasteiger partial charge in [0.2, 0.25) is 0 Å². The van der Waals surface area contributed by atoms with Crippen molar-refractivity contribution < 1.29 is 18.3 Å². The number of aryl methyl sites for hydroxylation is 1. The van der Waals surface area contributed by atoms with Crippen LogP contribution < -0.4 is 5.14 Å². The molecule has 7 nitrogen and oxygen atoms in total. The molecule has 0 spiro atoms. The molecule has 1 aromatic heterocycles. The Labute approximate surface area is 99.3 Å². The lowest BCUT2D eigenvalue weighted by atomic mass is 10.2. The first-order chi connectivity index (χ1) is 7.89. The van der Waals surface area contributed by atoms with Gasteiger partial charge in [-0.25, -0.2) is 18.5 Å². The normalized spacial score (nSPS) is 11.6. The number of sulfonamides is 1. The van der Waals surface area contributed by atoms with Crippen molar-refractivity contribution in [1.29, 1.82) is 0 Å². The minimum absolute atomic E-state index is 0.150. The summed E-state index contributed by atoms with van der Waals surface area (Å²) < 4.78 is 23.5. The van der Waals surface area contributed by atoms with Gasteiger partial charge in [0.1, 0.15) is 0 Å². The summed E-state index contributed by atoms with van der Waals surface area (Å²) in [6, 6.07) is 0. The first kappa shape index (κ1) is 13.7. The summed E-state index contributed by atoms with van der Waals surface area (Å²) in [7, 11) is -3.74. The van der Waals surface area contributed by atoms with Crippen LogP contribution in [0.5, 0.6) is 0 Å². The van der Waals surface area contributed by atoms with Crippen molar-refractivity contribution in [2.45, 2.75) is 37.3 Å². The average Bonchev–Trinajstić information content (AvgIpc) is 2.64. The van der Waals surface area contributed by atoms with Crippen LogP contribution in [0.4, 0.5) is 0 Å². The SMILES string of the molecule is NS(=O)(=O)c1cn(CCCCCC(=O)O)cn1. The highest BCUT2D eigenvalue weighted by molar-refractivity contribution is 7.89. The predicted molar refractivity (Wildman–Crippen MR) is 59.7 cm³/mol. The Morgan fingerprint density at radius 2 is 2.12 bits per heavy atom. The van der Waals surface area contributed by atoms with Crippen LogP contribution >= 0.6 is 0 Å². The fourth-order valence-corrected chi connectivity index (χ4v) is 1.83. The monoisotopic (exact) mass is 261 g/mol. The first-order valence-electron chi connectivity index (χ1n) is 5.16. The molecule has 0 fully saturated rings. The van der Waals surface area contributed by atoms with Gasteiger partial charge in [-0.1, -0.05) is 6.42 Å². The Balaban J connectivity index is 2.33. The molecule has 0 saturated heterocycles. The third-order valence-electron chi connectivity index (χ3n) is 2.21. The summed E-state index contributed by atoms with van der Waals surface area (Å²) >= 11 is 0. The standard InChI is InChI=1S/C9H15N3O4S/c10-17(15,16)8-6-12(7-11-8)5-3-1-2-4-9(13)14/h6-7H,1-5H2,(H,13,14)(H2,10,15,16). The predicted octanol–water partition coefficient (Wildman–Crippen LogP) is 0.175. The van der Waals surface area contributed by atoms with Crippen molar-refractivity contribution in [2.75, 3.05) is 0 Å². The maximum absolute atomic E-state index is 10.9. The molecule has 0 radical (unpaired) electrons. The van der Waals surface area contributed by atoms with Crippen molar-refractivity contribution in [3.63, 3.8) is 0 Å². The fraction of sp³-hybridized carbons (Fsp3) is 0.556.